The zero-order valence-electron chi connectivity index (χ0n) is 14.4. The molecule has 136 valence electrons. The second-order valence-electron chi connectivity index (χ2n) is 5.94. The standard InChI is InChI=1S/C17H13N11/c1-4-10(12-6-2-8-14(19-12)16-21-25-26-22-16)18-11(5-1)13-7-3-9-15(20-13)17-23-27-28-24-17/h1-9,14,19H,(H,21,22,25,26)(H,23,24,27,28). The van der Waals surface area contributed by atoms with E-state index in [1.54, 1.807) is 0 Å². The van der Waals surface area contributed by atoms with Gasteiger partial charge >= 0.3 is 0 Å². The number of nitrogens with one attached hydrogen (secondary N) is 3. The van der Waals surface area contributed by atoms with Gasteiger partial charge in [0.05, 0.1) is 22.8 Å². The molecule has 3 N–H and O–H groups in total. The smallest absolute Gasteiger partial charge is 0.198 e. The molecular weight excluding hydrogens is 358 g/mol. The van der Waals surface area contributed by atoms with Crippen molar-refractivity contribution in [3.8, 4) is 22.9 Å². The van der Waals surface area contributed by atoms with Gasteiger partial charge in [-0.25, -0.2) is 20.2 Å². The van der Waals surface area contributed by atoms with Crippen molar-refractivity contribution in [1.82, 2.24) is 56.5 Å². The summed E-state index contributed by atoms with van der Waals surface area (Å²) in [5.41, 5.74) is 3.75. The van der Waals surface area contributed by atoms with Crippen molar-refractivity contribution >= 4 is 5.70 Å². The Morgan fingerprint density at radius 1 is 0.750 bits per heavy atom. The van der Waals surface area contributed by atoms with Crippen LogP contribution in [0.15, 0.2) is 54.6 Å². The monoisotopic (exact) mass is 371 g/mol. The van der Waals surface area contributed by atoms with Crippen LogP contribution in [0.2, 0.25) is 0 Å². The van der Waals surface area contributed by atoms with E-state index in [9.17, 15) is 0 Å². The molecule has 11 nitrogen and oxygen atoms in total. The van der Waals surface area contributed by atoms with E-state index in [2.05, 4.69) is 51.5 Å². The van der Waals surface area contributed by atoms with E-state index in [0.717, 1.165) is 22.8 Å². The van der Waals surface area contributed by atoms with Gasteiger partial charge in [0.25, 0.3) is 0 Å². The summed E-state index contributed by atoms with van der Waals surface area (Å²) in [6, 6.07) is 11.2. The van der Waals surface area contributed by atoms with Crippen molar-refractivity contribution in [2.75, 3.05) is 0 Å². The number of dihydropyridines is 1. The fourth-order valence-corrected chi connectivity index (χ4v) is 2.85. The van der Waals surface area contributed by atoms with Crippen LogP contribution < -0.4 is 5.32 Å². The maximum Gasteiger partial charge on any atom is 0.198 e. The predicted molar refractivity (Wildman–Crippen MR) is 97.8 cm³/mol. The summed E-state index contributed by atoms with van der Waals surface area (Å²) in [4.78, 5) is 9.36. The summed E-state index contributed by atoms with van der Waals surface area (Å²) < 4.78 is 0. The van der Waals surface area contributed by atoms with Crippen LogP contribution in [0.1, 0.15) is 17.6 Å². The van der Waals surface area contributed by atoms with E-state index in [0.29, 0.717) is 17.3 Å². The van der Waals surface area contributed by atoms with Crippen molar-refractivity contribution in [3.05, 3.63) is 66.1 Å². The molecule has 0 spiro atoms. The summed E-state index contributed by atoms with van der Waals surface area (Å²) in [7, 11) is 0. The normalized spacial score (nSPS) is 15.9. The van der Waals surface area contributed by atoms with E-state index in [1.807, 2.05) is 54.6 Å². The Hall–Kier alpha value is -4.28. The van der Waals surface area contributed by atoms with Gasteiger partial charge in [0, 0.05) is 0 Å². The van der Waals surface area contributed by atoms with Crippen molar-refractivity contribution in [2.45, 2.75) is 6.04 Å². The molecule has 28 heavy (non-hydrogen) atoms. The highest BCUT2D eigenvalue weighted by atomic mass is 15.5. The molecule has 0 bridgehead atoms. The number of rotatable bonds is 4. The molecule has 4 aromatic rings. The topological polar surface area (TPSA) is 147 Å². The molecule has 1 aliphatic rings. The molecule has 0 amide bonds. The third-order valence-corrected chi connectivity index (χ3v) is 4.16. The summed E-state index contributed by atoms with van der Waals surface area (Å²) >= 11 is 0. The van der Waals surface area contributed by atoms with Gasteiger partial charge in [-0.1, -0.05) is 24.3 Å². The SMILES string of the molecule is C1=CC(c2nnn[nH]2)NC(c2cccc(-c3cccc(-c4nnn[nH]4)n3)n2)=C1. The largest absolute Gasteiger partial charge is 0.370 e. The Morgan fingerprint density at radius 3 is 2.21 bits per heavy atom. The van der Waals surface area contributed by atoms with Gasteiger partial charge in [0.1, 0.15) is 11.7 Å². The Balaban J connectivity index is 1.45. The molecule has 0 aromatic carbocycles. The quantitative estimate of drug-likeness (QED) is 0.479. The van der Waals surface area contributed by atoms with Gasteiger partial charge in [-0.15, -0.1) is 10.2 Å². The number of aromatic nitrogens is 10. The maximum atomic E-state index is 4.75. The molecule has 0 aliphatic carbocycles. The number of allylic oxidation sites excluding steroid dienone is 2. The average Bonchev–Trinajstić information content (AvgIpc) is 3.48. The highest BCUT2D eigenvalue weighted by molar-refractivity contribution is 5.68. The number of tetrazole rings is 2. The van der Waals surface area contributed by atoms with Gasteiger partial charge in [0.2, 0.25) is 0 Å². The molecule has 0 saturated heterocycles. The average molecular weight is 371 g/mol. The van der Waals surface area contributed by atoms with E-state index in [-0.39, 0.29) is 6.04 Å². The molecular formula is C17H13N11. The molecule has 5 rings (SSSR count). The zero-order chi connectivity index (χ0) is 18.8. The summed E-state index contributed by atoms with van der Waals surface area (Å²) in [5.74, 6) is 1.14. The first kappa shape index (κ1) is 15.9. The number of aromatic amines is 2. The molecule has 0 saturated carbocycles. The highest BCUT2D eigenvalue weighted by Crippen LogP contribution is 2.23. The molecule has 4 aromatic heterocycles. The van der Waals surface area contributed by atoms with Crippen LogP contribution >= 0.6 is 0 Å². The van der Waals surface area contributed by atoms with E-state index in [1.165, 1.54) is 0 Å². The van der Waals surface area contributed by atoms with Crippen LogP contribution in [0.3, 0.4) is 0 Å². The minimum Gasteiger partial charge on any atom is -0.370 e. The molecule has 0 radical (unpaired) electrons. The molecule has 0 fully saturated rings. The van der Waals surface area contributed by atoms with Crippen molar-refractivity contribution in [2.24, 2.45) is 0 Å². The Morgan fingerprint density at radius 2 is 1.46 bits per heavy atom. The fraction of sp³-hybridized carbons (Fsp3) is 0.0588. The van der Waals surface area contributed by atoms with Crippen LogP contribution in [0.4, 0.5) is 0 Å². The van der Waals surface area contributed by atoms with Crippen LogP contribution in [0.5, 0.6) is 0 Å². The number of pyridine rings is 2. The Kier molecular flexibility index (Phi) is 3.87. The number of nitrogens with zero attached hydrogens (tertiary/aromatic N) is 8. The molecule has 1 atom stereocenters. The first-order valence-corrected chi connectivity index (χ1v) is 8.44. The minimum atomic E-state index is -0.152. The number of hydrogen-bond acceptors (Lipinski definition) is 9. The van der Waals surface area contributed by atoms with Crippen molar-refractivity contribution in [1.29, 1.82) is 0 Å². The van der Waals surface area contributed by atoms with E-state index < -0.39 is 0 Å². The summed E-state index contributed by atoms with van der Waals surface area (Å²) in [6.07, 6.45) is 5.87. The molecule has 1 unspecified atom stereocenters. The lowest BCUT2D eigenvalue weighted by Gasteiger charge is -2.19. The fourth-order valence-electron chi connectivity index (χ4n) is 2.85. The molecule has 1 aliphatic heterocycles. The number of hydrogen-bond donors (Lipinski definition) is 3. The minimum absolute atomic E-state index is 0.152. The van der Waals surface area contributed by atoms with Crippen LogP contribution in [0, 0.1) is 0 Å². The summed E-state index contributed by atoms with van der Waals surface area (Å²) in [6.45, 7) is 0. The van der Waals surface area contributed by atoms with Crippen LogP contribution in [-0.4, -0.2) is 51.2 Å². The van der Waals surface area contributed by atoms with Gasteiger partial charge in [-0.2, -0.15) is 0 Å². The Labute approximate surface area is 158 Å². The lowest BCUT2D eigenvalue weighted by atomic mass is 10.1. The second-order valence-corrected chi connectivity index (χ2v) is 5.94. The van der Waals surface area contributed by atoms with Gasteiger partial charge in [-0.3, -0.25) is 0 Å². The summed E-state index contributed by atoms with van der Waals surface area (Å²) in [5, 5.41) is 31.1. The first-order chi connectivity index (χ1) is 13.9. The van der Waals surface area contributed by atoms with Crippen LogP contribution in [0.25, 0.3) is 28.6 Å². The van der Waals surface area contributed by atoms with Crippen molar-refractivity contribution in [3.63, 3.8) is 0 Å². The second kappa shape index (κ2) is 6.79. The van der Waals surface area contributed by atoms with Gasteiger partial charge < -0.3 is 5.32 Å². The Bertz CT molecular complexity index is 1150. The van der Waals surface area contributed by atoms with Crippen LogP contribution in [-0.2, 0) is 0 Å². The van der Waals surface area contributed by atoms with Gasteiger partial charge in [0.15, 0.2) is 11.6 Å². The lowest BCUT2D eigenvalue weighted by molar-refractivity contribution is 0.705. The highest BCUT2D eigenvalue weighted by Gasteiger charge is 2.17. The number of H-pyrrole nitrogens is 2. The maximum absolute atomic E-state index is 4.75. The third-order valence-electron chi connectivity index (χ3n) is 4.16. The van der Waals surface area contributed by atoms with E-state index >= 15 is 0 Å². The first-order valence-electron chi connectivity index (χ1n) is 8.44. The molecule has 11 heteroatoms. The third kappa shape index (κ3) is 3.00. The van der Waals surface area contributed by atoms with Crippen molar-refractivity contribution < 1.29 is 0 Å². The zero-order valence-corrected chi connectivity index (χ0v) is 14.4. The van der Waals surface area contributed by atoms with Gasteiger partial charge in [-0.05, 0) is 51.2 Å². The predicted octanol–water partition coefficient (Wildman–Crippen LogP) is 1.08. The lowest BCUT2D eigenvalue weighted by Crippen LogP contribution is -2.22. The molecule has 5 heterocycles. The van der Waals surface area contributed by atoms with E-state index in [4.69, 9.17) is 4.98 Å².